The Bertz CT molecular complexity index is 1020. The summed E-state index contributed by atoms with van der Waals surface area (Å²) in [7, 11) is -3.44. The van der Waals surface area contributed by atoms with Crippen LogP contribution in [-0.2, 0) is 20.2 Å². The van der Waals surface area contributed by atoms with E-state index in [0.717, 1.165) is 14.9 Å². The van der Waals surface area contributed by atoms with E-state index in [-0.39, 0.29) is 24.3 Å². The zero-order valence-electron chi connectivity index (χ0n) is 19.4. The van der Waals surface area contributed by atoms with Crippen LogP contribution in [0, 0.1) is 10.5 Å². The van der Waals surface area contributed by atoms with Crippen LogP contribution in [0.2, 0.25) is 0 Å². The molecule has 6 nitrogen and oxygen atoms in total. The second-order valence-corrected chi connectivity index (χ2v) is 12.0. The number of nitrogens with one attached hydrogen (secondary N) is 1. The molecule has 1 amide bonds. The number of anilines is 1. The summed E-state index contributed by atoms with van der Waals surface area (Å²) in [5.74, 6) is 0.647. The fourth-order valence-corrected chi connectivity index (χ4v) is 4.92. The fourth-order valence-electron chi connectivity index (χ4n) is 3.25. The molecule has 0 bridgehead atoms. The summed E-state index contributed by atoms with van der Waals surface area (Å²) in [5, 5.41) is 2.83. The number of amides is 1. The molecule has 0 heterocycles. The first-order chi connectivity index (χ1) is 14.9. The van der Waals surface area contributed by atoms with Crippen LogP contribution in [0.15, 0.2) is 42.5 Å². The van der Waals surface area contributed by atoms with Gasteiger partial charge in [-0.1, -0.05) is 32.9 Å². The first kappa shape index (κ1) is 26.4. The molecule has 8 heteroatoms. The van der Waals surface area contributed by atoms with Crippen LogP contribution in [0.4, 0.5) is 5.69 Å². The summed E-state index contributed by atoms with van der Waals surface area (Å²) < 4.78 is 32.7. The lowest BCUT2D eigenvalue weighted by Gasteiger charge is -2.24. The molecule has 0 radical (unpaired) electrons. The van der Waals surface area contributed by atoms with Crippen LogP contribution < -0.4 is 14.4 Å². The van der Waals surface area contributed by atoms with Crippen LogP contribution in [0.3, 0.4) is 0 Å². The molecule has 0 atom stereocenters. The zero-order chi connectivity index (χ0) is 23.9. The zero-order valence-corrected chi connectivity index (χ0v) is 22.4. The topological polar surface area (TPSA) is 75.7 Å². The van der Waals surface area contributed by atoms with Crippen LogP contribution in [0.5, 0.6) is 5.75 Å². The van der Waals surface area contributed by atoms with Gasteiger partial charge in [0, 0.05) is 16.5 Å². The predicted molar refractivity (Wildman–Crippen MR) is 139 cm³/mol. The molecule has 0 saturated heterocycles. The van der Waals surface area contributed by atoms with Crippen LogP contribution in [0.25, 0.3) is 0 Å². The van der Waals surface area contributed by atoms with Gasteiger partial charge >= 0.3 is 0 Å². The first-order valence-corrected chi connectivity index (χ1v) is 13.5. The van der Waals surface area contributed by atoms with E-state index >= 15 is 0 Å². The Morgan fingerprint density at radius 1 is 1.12 bits per heavy atom. The lowest BCUT2D eigenvalue weighted by atomic mass is 9.87. The Morgan fingerprint density at radius 3 is 2.34 bits per heavy atom. The molecule has 2 aromatic carbocycles. The van der Waals surface area contributed by atoms with E-state index in [4.69, 9.17) is 4.74 Å². The Morgan fingerprint density at radius 2 is 1.78 bits per heavy atom. The smallest absolute Gasteiger partial charge is 0.232 e. The van der Waals surface area contributed by atoms with Gasteiger partial charge in [0.15, 0.2) is 0 Å². The molecule has 32 heavy (non-hydrogen) atoms. The number of hydrogen-bond donors (Lipinski definition) is 1. The molecular formula is C24H33IN2O4S. The largest absolute Gasteiger partial charge is 0.492 e. The van der Waals surface area contributed by atoms with Gasteiger partial charge in [-0.2, -0.15) is 0 Å². The minimum absolute atomic E-state index is 0.0943. The van der Waals surface area contributed by atoms with Crippen molar-refractivity contribution in [1.29, 1.82) is 0 Å². The van der Waals surface area contributed by atoms with Gasteiger partial charge in [0.2, 0.25) is 15.9 Å². The quantitative estimate of drug-likeness (QED) is 0.333. The number of nitrogens with zero attached hydrogens (tertiary/aromatic N) is 1. The number of halogens is 1. The van der Waals surface area contributed by atoms with Gasteiger partial charge in [0.1, 0.15) is 12.4 Å². The second kappa shape index (κ2) is 11.4. The summed E-state index contributed by atoms with van der Waals surface area (Å²) >= 11 is 2.20. The Balaban J connectivity index is 1.77. The molecule has 0 unspecified atom stereocenters. The second-order valence-electron chi connectivity index (χ2n) is 8.84. The number of ether oxygens (including phenoxy) is 1. The highest BCUT2D eigenvalue weighted by molar-refractivity contribution is 14.1. The SMILES string of the molecule is Cc1cc(I)ccc1N(CCCC(=O)NCCOc1ccc(C(C)(C)C)cc1)S(C)(=O)=O. The molecule has 0 saturated carbocycles. The van der Waals surface area contributed by atoms with Gasteiger partial charge in [0.25, 0.3) is 0 Å². The normalized spacial score (nSPS) is 11.8. The van der Waals surface area contributed by atoms with Crippen molar-refractivity contribution in [2.75, 3.05) is 30.3 Å². The van der Waals surface area contributed by atoms with E-state index in [1.165, 1.54) is 16.1 Å². The monoisotopic (exact) mass is 572 g/mol. The molecule has 2 aromatic rings. The first-order valence-electron chi connectivity index (χ1n) is 10.6. The summed E-state index contributed by atoms with van der Waals surface area (Å²) in [6.07, 6.45) is 1.87. The molecule has 0 aliphatic heterocycles. The highest BCUT2D eigenvalue weighted by atomic mass is 127. The number of benzene rings is 2. The summed E-state index contributed by atoms with van der Waals surface area (Å²) in [4.78, 5) is 12.2. The standard InChI is InChI=1S/C24H33IN2O4S/c1-18-17-20(25)10-13-22(18)27(32(5,29)30)15-6-7-23(28)26-14-16-31-21-11-8-19(9-12-21)24(2,3)4/h8-13,17H,6-7,14-16H2,1-5H3,(H,26,28). The molecule has 1 N–H and O–H groups in total. The molecule has 2 rings (SSSR count). The fraction of sp³-hybridized carbons (Fsp3) is 0.458. The minimum atomic E-state index is -3.44. The van der Waals surface area contributed by atoms with E-state index in [1.807, 2.05) is 37.3 Å². The Hall–Kier alpha value is -1.81. The lowest BCUT2D eigenvalue weighted by Crippen LogP contribution is -2.33. The third-order valence-corrected chi connectivity index (χ3v) is 6.86. The number of rotatable bonds is 10. The molecule has 176 valence electrons. The number of carbonyl (C=O) groups excluding carboxylic acids is 1. The van der Waals surface area contributed by atoms with Crippen molar-refractivity contribution in [3.8, 4) is 5.75 Å². The average molecular weight is 573 g/mol. The summed E-state index contributed by atoms with van der Waals surface area (Å²) in [6.45, 7) is 9.40. The van der Waals surface area contributed by atoms with Crippen LogP contribution in [0.1, 0.15) is 44.7 Å². The van der Waals surface area contributed by atoms with Crippen molar-refractivity contribution < 1.29 is 17.9 Å². The molecule has 0 aliphatic rings. The van der Waals surface area contributed by atoms with Crippen molar-refractivity contribution in [3.63, 3.8) is 0 Å². The maximum absolute atomic E-state index is 12.3. The molecule has 0 spiro atoms. The molecular weight excluding hydrogens is 539 g/mol. The van der Waals surface area contributed by atoms with E-state index in [0.29, 0.717) is 25.3 Å². The van der Waals surface area contributed by atoms with Crippen molar-refractivity contribution in [1.82, 2.24) is 5.32 Å². The molecule has 0 fully saturated rings. The van der Waals surface area contributed by atoms with Gasteiger partial charge in [-0.05, 0) is 82.8 Å². The van der Waals surface area contributed by atoms with Crippen LogP contribution in [-0.4, -0.2) is 40.3 Å². The Kier molecular flexibility index (Phi) is 9.39. The number of aryl methyl sites for hydroxylation is 1. The average Bonchev–Trinajstić information content (AvgIpc) is 2.68. The van der Waals surface area contributed by atoms with Crippen molar-refractivity contribution >= 4 is 44.2 Å². The summed E-state index contributed by atoms with van der Waals surface area (Å²) in [6, 6.07) is 13.6. The number of carbonyl (C=O) groups is 1. The lowest BCUT2D eigenvalue weighted by molar-refractivity contribution is -0.121. The molecule has 0 aliphatic carbocycles. The van der Waals surface area contributed by atoms with Crippen molar-refractivity contribution in [3.05, 3.63) is 57.2 Å². The number of sulfonamides is 1. The van der Waals surface area contributed by atoms with Gasteiger partial charge in [0.05, 0.1) is 18.5 Å². The molecule has 0 aromatic heterocycles. The Labute approximate surface area is 205 Å². The predicted octanol–water partition coefficient (Wildman–Crippen LogP) is 4.64. The van der Waals surface area contributed by atoms with E-state index in [2.05, 4.69) is 60.8 Å². The van der Waals surface area contributed by atoms with Gasteiger partial charge in [-0.25, -0.2) is 8.42 Å². The highest BCUT2D eigenvalue weighted by Crippen LogP contribution is 2.25. The van der Waals surface area contributed by atoms with E-state index in [1.54, 1.807) is 0 Å². The third-order valence-electron chi connectivity index (χ3n) is 5.01. The third kappa shape index (κ3) is 8.27. The van der Waals surface area contributed by atoms with Gasteiger partial charge in [-0.15, -0.1) is 0 Å². The number of hydrogen-bond acceptors (Lipinski definition) is 4. The summed E-state index contributed by atoms with van der Waals surface area (Å²) in [5.41, 5.74) is 2.87. The van der Waals surface area contributed by atoms with Gasteiger partial charge in [-0.3, -0.25) is 9.10 Å². The maximum atomic E-state index is 12.3. The maximum Gasteiger partial charge on any atom is 0.232 e. The van der Waals surface area contributed by atoms with Crippen molar-refractivity contribution in [2.45, 2.75) is 46.0 Å². The van der Waals surface area contributed by atoms with Gasteiger partial charge < -0.3 is 10.1 Å². The van der Waals surface area contributed by atoms with E-state index in [9.17, 15) is 13.2 Å². The highest BCUT2D eigenvalue weighted by Gasteiger charge is 2.19. The van der Waals surface area contributed by atoms with Crippen molar-refractivity contribution in [2.24, 2.45) is 0 Å². The minimum Gasteiger partial charge on any atom is -0.492 e. The van der Waals surface area contributed by atoms with E-state index < -0.39 is 10.0 Å². The van der Waals surface area contributed by atoms with Crippen LogP contribution >= 0.6 is 22.6 Å².